The van der Waals surface area contributed by atoms with E-state index in [2.05, 4.69) is 4.90 Å². The Hall–Kier alpha value is -1.42. The van der Waals surface area contributed by atoms with Crippen molar-refractivity contribution in [3.63, 3.8) is 0 Å². The van der Waals surface area contributed by atoms with E-state index < -0.39 is 5.82 Å². The average Bonchev–Trinajstić information content (AvgIpc) is 2.61. The molecule has 0 radical (unpaired) electrons. The Kier molecular flexibility index (Phi) is 4.31. The van der Waals surface area contributed by atoms with Crippen LogP contribution in [-0.4, -0.2) is 30.3 Å². The highest BCUT2D eigenvalue weighted by Crippen LogP contribution is 2.14. The summed E-state index contributed by atoms with van der Waals surface area (Å²) in [4.78, 5) is 14.2. The number of hydrogen-bond acceptors (Lipinski definition) is 3. The molecule has 2 N–H and O–H groups in total. The van der Waals surface area contributed by atoms with Gasteiger partial charge in [-0.2, -0.15) is 0 Å². The van der Waals surface area contributed by atoms with E-state index in [9.17, 15) is 9.18 Å². The number of carbonyl (C=O) groups is 1. The van der Waals surface area contributed by atoms with Crippen molar-refractivity contribution in [1.29, 1.82) is 0 Å². The number of hydrogen-bond donors (Lipinski definition) is 1. The summed E-state index contributed by atoms with van der Waals surface area (Å²) in [7, 11) is 0. The third-order valence-electron chi connectivity index (χ3n) is 3.38. The van der Waals surface area contributed by atoms with E-state index in [4.69, 9.17) is 5.73 Å². The molecular formula is C14H19FN2O. The number of nitrogens with two attached hydrogens (primary N) is 1. The van der Waals surface area contributed by atoms with Gasteiger partial charge in [-0.15, -0.1) is 0 Å². The van der Waals surface area contributed by atoms with Gasteiger partial charge in [0.15, 0.2) is 5.78 Å². The minimum atomic E-state index is -0.471. The van der Waals surface area contributed by atoms with Crippen molar-refractivity contribution in [2.75, 3.05) is 25.4 Å². The molecule has 2 rings (SSSR count). The summed E-state index contributed by atoms with van der Waals surface area (Å²) in [5.41, 5.74) is 6.01. The quantitative estimate of drug-likeness (QED) is 0.662. The predicted molar refractivity (Wildman–Crippen MR) is 70.1 cm³/mol. The van der Waals surface area contributed by atoms with E-state index in [1.54, 1.807) is 0 Å². The van der Waals surface area contributed by atoms with Gasteiger partial charge in [0.25, 0.3) is 0 Å². The van der Waals surface area contributed by atoms with Crippen LogP contribution in [0.5, 0.6) is 0 Å². The number of anilines is 1. The van der Waals surface area contributed by atoms with Crippen LogP contribution in [0, 0.1) is 5.82 Å². The second-order valence-electron chi connectivity index (χ2n) is 4.85. The minimum Gasteiger partial charge on any atom is -0.396 e. The largest absolute Gasteiger partial charge is 0.396 e. The third-order valence-corrected chi connectivity index (χ3v) is 3.38. The molecule has 0 aliphatic carbocycles. The Labute approximate surface area is 107 Å². The molecule has 4 heteroatoms. The molecule has 1 aliphatic heterocycles. The van der Waals surface area contributed by atoms with Gasteiger partial charge in [-0.05, 0) is 44.1 Å². The first-order chi connectivity index (χ1) is 8.66. The lowest BCUT2D eigenvalue weighted by atomic mass is 10.1. The number of nitrogens with zero attached hydrogens (tertiary/aromatic N) is 1. The summed E-state index contributed by atoms with van der Waals surface area (Å²) in [6.07, 6.45) is 4.79. The molecule has 0 bridgehead atoms. The van der Waals surface area contributed by atoms with E-state index in [1.807, 2.05) is 0 Å². The molecule has 1 aromatic rings. The molecule has 1 saturated heterocycles. The number of carbonyl (C=O) groups excluding carboxylic acids is 1. The van der Waals surface area contributed by atoms with Crippen LogP contribution in [0.1, 0.15) is 36.0 Å². The number of nitrogen functional groups attached to an aromatic ring is 1. The monoisotopic (exact) mass is 250 g/mol. The first-order valence-electron chi connectivity index (χ1n) is 6.47. The predicted octanol–water partition coefficient (Wildman–Crippen LogP) is 2.47. The molecule has 1 fully saturated rings. The highest BCUT2D eigenvalue weighted by molar-refractivity contribution is 5.98. The van der Waals surface area contributed by atoms with Gasteiger partial charge in [0.2, 0.25) is 0 Å². The molecule has 0 aromatic heterocycles. The zero-order valence-corrected chi connectivity index (χ0v) is 10.5. The molecule has 0 spiro atoms. The lowest BCUT2D eigenvalue weighted by Crippen LogP contribution is -2.30. The molecule has 1 aromatic carbocycles. The van der Waals surface area contributed by atoms with E-state index in [-0.39, 0.29) is 11.5 Å². The number of benzene rings is 1. The van der Waals surface area contributed by atoms with Gasteiger partial charge in [-0.1, -0.05) is 12.8 Å². The molecule has 3 nitrogen and oxygen atoms in total. The van der Waals surface area contributed by atoms with Gasteiger partial charge in [-0.25, -0.2) is 4.39 Å². The Bertz CT molecular complexity index is 426. The Morgan fingerprint density at radius 2 is 1.89 bits per heavy atom. The molecule has 1 heterocycles. The van der Waals surface area contributed by atoms with E-state index in [0.29, 0.717) is 12.1 Å². The topological polar surface area (TPSA) is 46.3 Å². The number of likely N-dealkylation sites (tertiary alicyclic amines) is 1. The van der Waals surface area contributed by atoms with Gasteiger partial charge in [-0.3, -0.25) is 9.69 Å². The SMILES string of the molecule is Nc1cc(C(=O)CN2CCCCCC2)ccc1F. The Morgan fingerprint density at radius 1 is 1.22 bits per heavy atom. The minimum absolute atomic E-state index is 0.0172. The van der Waals surface area contributed by atoms with Crippen LogP contribution < -0.4 is 5.73 Å². The van der Waals surface area contributed by atoms with E-state index >= 15 is 0 Å². The standard InChI is InChI=1S/C14H19FN2O/c15-12-6-5-11(9-13(12)16)14(18)10-17-7-3-1-2-4-8-17/h5-6,9H,1-4,7-8,10,16H2. The second kappa shape index (κ2) is 5.96. The summed E-state index contributed by atoms with van der Waals surface area (Å²) < 4.78 is 13.0. The van der Waals surface area contributed by atoms with Gasteiger partial charge in [0.1, 0.15) is 5.82 Å². The summed E-state index contributed by atoms with van der Waals surface area (Å²) in [6, 6.07) is 4.19. The lowest BCUT2D eigenvalue weighted by molar-refractivity contribution is 0.0933. The maximum atomic E-state index is 13.0. The van der Waals surface area contributed by atoms with Crippen LogP contribution in [0.15, 0.2) is 18.2 Å². The Balaban J connectivity index is 1.99. The van der Waals surface area contributed by atoms with Crippen molar-refractivity contribution in [1.82, 2.24) is 4.90 Å². The van der Waals surface area contributed by atoms with Crippen LogP contribution in [-0.2, 0) is 0 Å². The molecule has 18 heavy (non-hydrogen) atoms. The highest BCUT2D eigenvalue weighted by atomic mass is 19.1. The van der Waals surface area contributed by atoms with Crippen molar-refractivity contribution in [2.24, 2.45) is 0 Å². The van der Waals surface area contributed by atoms with Crippen molar-refractivity contribution in [2.45, 2.75) is 25.7 Å². The van der Waals surface area contributed by atoms with Crippen LogP contribution in [0.2, 0.25) is 0 Å². The zero-order valence-electron chi connectivity index (χ0n) is 10.5. The number of Topliss-reactive ketones (excluding diaryl/α,β-unsaturated/α-hetero) is 1. The molecule has 1 aliphatic rings. The fraction of sp³-hybridized carbons (Fsp3) is 0.500. The lowest BCUT2D eigenvalue weighted by Gasteiger charge is -2.18. The zero-order chi connectivity index (χ0) is 13.0. The maximum absolute atomic E-state index is 13.0. The smallest absolute Gasteiger partial charge is 0.176 e. The fourth-order valence-electron chi connectivity index (χ4n) is 2.31. The van der Waals surface area contributed by atoms with Gasteiger partial charge in [0.05, 0.1) is 12.2 Å². The van der Waals surface area contributed by atoms with E-state index in [1.165, 1.54) is 31.0 Å². The number of rotatable bonds is 3. The van der Waals surface area contributed by atoms with Crippen LogP contribution in [0.3, 0.4) is 0 Å². The molecule has 0 amide bonds. The number of halogens is 1. The highest BCUT2D eigenvalue weighted by Gasteiger charge is 2.15. The normalized spacial score (nSPS) is 17.4. The van der Waals surface area contributed by atoms with Gasteiger partial charge in [0, 0.05) is 5.56 Å². The molecule has 0 saturated carbocycles. The van der Waals surface area contributed by atoms with E-state index in [0.717, 1.165) is 25.9 Å². The fourth-order valence-corrected chi connectivity index (χ4v) is 2.31. The summed E-state index contributed by atoms with van der Waals surface area (Å²) in [5.74, 6) is -0.454. The summed E-state index contributed by atoms with van der Waals surface area (Å²) in [6.45, 7) is 2.36. The molecule has 0 atom stereocenters. The van der Waals surface area contributed by atoms with Gasteiger partial charge < -0.3 is 5.73 Å². The van der Waals surface area contributed by atoms with Crippen LogP contribution in [0.4, 0.5) is 10.1 Å². The van der Waals surface area contributed by atoms with Gasteiger partial charge >= 0.3 is 0 Å². The maximum Gasteiger partial charge on any atom is 0.176 e. The van der Waals surface area contributed by atoms with Crippen LogP contribution >= 0.6 is 0 Å². The first kappa shape index (κ1) is 13.0. The van der Waals surface area contributed by atoms with Crippen molar-refractivity contribution < 1.29 is 9.18 Å². The summed E-state index contributed by atoms with van der Waals surface area (Å²) >= 11 is 0. The van der Waals surface area contributed by atoms with Crippen molar-refractivity contribution in [3.05, 3.63) is 29.6 Å². The first-order valence-corrected chi connectivity index (χ1v) is 6.47. The molecule has 0 unspecified atom stereocenters. The third kappa shape index (κ3) is 3.29. The molecule has 98 valence electrons. The summed E-state index contributed by atoms with van der Waals surface area (Å²) in [5, 5.41) is 0. The average molecular weight is 250 g/mol. The number of ketones is 1. The molecular weight excluding hydrogens is 231 g/mol. The van der Waals surface area contributed by atoms with Crippen molar-refractivity contribution in [3.8, 4) is 0 Å². The van der Waals surface area contributed by atoms with Crippen molar-refractivity contribution >= 4 is 11.5 Å². The van der Waals surface area contributed by atoms with Crippen LogP contribution in [0.25, 0.3) is 0 Å². The Morgan fingerprint density at radius 3 is 2.50 bits per heavy atom. The second-order valence-corrected chi connectivity index (χ2v) is 4.85.